The normalized spacial score (nSPS) is 12.7. The largest absolute Gasteiger partial charge is 0.493 e. The van der Waals surface area contributed by atoms with E-state index in [0.29, 0.717) is 28.2 Å². The Hall–Kier alpha value is -4.46. The maximum absolute atomic E-state index is 12.4. The van der Waals surface area contributed by atoms with Crippen LogP contribution in [0.25, 0.3) is 0 Å². The van der Waals surface area contributed by atoms with E-state index in [9.17, 15) is 14.4 Å². The van der Waals surface area contributed by atoms with Gasteiger partial charge in [0.1, 0.15) is 0 Å². The predicted octanol–water partition coefficient (Wildman–Crippen LogP) is 3.65. The fraction of sp³-hybridized carbons (Fsp3) is 0.120. The number of carbonyl (C=O) groups is 3. The topological polar surface area (TPSA) is 97.3 Å². The summed E-state index contributed by atoms with van der Waals surface area (Å²) in [5.41, 5.74) is 2.90. The minimum atomic E-state index is -0.474. The number of hydrogen-bond acceptors (Lipinski definition) is 6. The average molecular weight is 443 g/mol. The highest BCUT2D eigenvalue weighted by Gasteiger charge is 2.35. The number of amides is 3. The lowest BCUT2D eigenvalue weighted by molar-refractivity contribution is -0.118. The van der Waals surface area contributed by atoms with Gasteiger partial charge < -0.3 is 14.8 Å². The van der Waals surface area contributed by atoms with Gasteiger partial charge in [-0.3, -0.25) is 14.4 Å². The Morgan fingerprint density at radius 2 is 1.64 bits per heavy atom. The van der Waals surface area contributed by atoms with Crippen LogP contribution < -0.4 is 14.8 Å². The number of hydrogen-bond donors (Lipinski definition) is 1. The van der Waals surface area contributed by atoms with Crippen molar-refractivity contribution in [3.8, 4) is 11.5 Å². The van der Waals surface area contributed by atoms with Gasteiger partial charge in [0, 0.05) is 5.69 Å². The lowest BCUT2D eigenvalue weighted by Crippen LogP contribution is -2.24. The first kappa shape index (κ1) is 21.8. The van der Waals surface area contributed by atoms with Gasteiger partial charge in [-0.05, 0) is 54.4 Å². The predicted molar refractivity (Wildman–Crippen MR) is 123 cm³/mol. The van der Waals surface area contributed by atoms with Crippen molar-refractivity contribution in [3.05, 3.63) is 89.0 Å². The molecule has 1 heterocycles. The zero-order valence-corrected chi connectivity index (χ0v) is 18.1. The van der Waals surface area contributed by atoms with Crippen LogP contribution in [0, 0.1) is 6.92 Å². The Kier molecular flexibility index (Phi) is 6.17. The van der Waals surface area contributed by atoms with Gasteiger partial charge in [0.25, 0.3) is 17.7 Å². The van der Waals surface area contributed by atoms with Crippen molar-refractivity contribution in [2.45, 2.75) is 6.92 Å². The first-order valence-corrected chi connectivity index (χ1v) is 10.2. The summed E-state index contributed by atoms with van der Waals surface area (Å²) in [6, 6.07) is 19.0. The Balaban J connectivity index is 1.42. The zero-order chi connectivity index (χ0) is 23.4. The number of aryl methyl sites for hydroxylation is 1. The fourth-order valence-electron chi connectivity index (χ4n) is 3.33. The van der Waals surface area contributed by atoms with Crippen molar-refractivity contribution >= 4 is 29.6 Å². The number of nitrogens with one attached hydrogen (secondary N) is 1. The third kappa shape index (κ3) is 4.59. The molecule has 0 fully saturated rings. The maximum atomic E-state index is 12.4. The third-order valence-corrected chi connectivity index (χ3v) is 5.06. The van der Waals surface area contributed by atoms with Crippen LogP contribution >= 0.6 is 0 Å². The van der Waals surface area contributed by atoms with Gasteiger partial charge in [-0.25, -0.2) is 0 Å². The van der Waals surface area contributed by atoms with E-state index in [1.54, 1.807) is 42.5 Å². The molecule has 4 rings (SSSR count). The number of nitrogens with zero attached hydrogens (tertiary/aromatic N) is 2. The Labute approximate surface area is 190 Å². The molecule has 33 heavy (non-hydrogen) atoms. The highest BCUT2D eigenvalue weighted by Crippen LogP contribution is 2.28. The molecule has 0 atom stereocenters. The van der Waals surface area contributed by atoms with E-state index in [0.717, 1.165) is 16.3 Å². The summed E-state index contributed by atoms with van der Waals surface area (Å²) >= 11 is 0. The average Bonchev–Trinajstić information content (AvgIpc) is 3.07. The van der Waals surface area contributed by atoms with Crippen LogP contribution in [0.5, 0.6) is 11.5 Å². The van der Waals surface area contributed by atoms with Gasteiger partial charge in [-0.1, -0.05) is 30.3 Å². The van der Waals surface area contributed by atoms with Gasteiger partial charge in [0.2, 0.25) is 0 Å². The highest BCUT2D eigenvalue weighted by atomic mass is 16.5. The molecule has 0 radical (unpaired) electrons. The standard InChI is InChI=1S/C25H21N3O5/c1-16-7-3-6-10-20(16)27-23(29)15-33-21-12-11-17(13-22(21)32-2)14-26-28-24(30)18-8-4-5-9-19(18)25(28)31/h3-14H,15H2,1-2H3,(H,27,29)/b26-14-. The summed E-state index contributed by atoms with van der Waals surface area (Å²) < 4.78 is 11.0. The summed E-state index contributed by atoms with van der Waals surface area (Å²) in [7, 11) is 1.47. The Bertz CT molecular complexity index is 1230. The molecule has 3 aromatic rings. The summed E-state index contributed by atoms with van der Waals surface area (Å²) in [5.74, 6) is -0.500. The van der Waals surface area contributed by atoms with Crippen molar-refractivity contribution in [1.29, 1.82) is 0 Å². The number of para-hydroxylation sites is 1. The first-order chi connectivity index (χ1) is 16.0. The summed E-state index contributed by atoms with van der Waals surface area (Å²) in [5, 5.41) is 7.69. The Morgan fingerprint density at radius 3 is 2.30 bits per heavy atom. The third-order valence-electron chi connectivity index (χ3n) is 5.06. The van der Waals surface area contributed by atoms with Gasteiger partial charge in [-0.15, -0.1) is 0 Å². The molecule has 0 saturated carbocycles. The van der Waals surface area contributed by atoms with E-state index in [1.165, 1.54) is 13.3 Å². The van der Waals surface area contributed by atoms with Crippen molar-refractivity contribution in [2.24, 2.45) is 5.10 Å². The molecule has 3 aromatic carbocycles. The number of fused-ring (bicyclic) bond motifs is 1. The second-order valence-corrected chi connectivity index (χ2v) is 7.27. The molecular formula is C25H21N3O5. The monoisotopic (exact) mass is 443 g/mol. The number of anilines is 1. The van der Waals surface area contributed by atoms with Crippen molar-refractivity contribution in [2.75, 3.05) is 19.0 Å². The van der Waals surface area contributed by atoms with E-state index >= 15 is 0 Å². The SMILES string of the molecule is COc1cc(/C=N\N2C(=O)c3ccccc3C2=O)ccc1OCC(=O)Nc1ccccc1C. The molecule has 1 aliphatic rings. The van der Waals surface area contributed by atoms with E-state index in [-0.39, 0.29) is 12.5 Å². The summed E-state index contributed by atoms with van der Waals surface area (Å²) in [4.78, 5) is 37.1. The number of ether oxygens (including phenoxy) is 2. The van der Waals surface area contributed by atoms with Gasteiger partial charge >= 0.3 is 0 Å². The van der Waals surface area contributed by atoms with Crippen LogP contribution in [0.2, 0.25) is 0 Å². The molecule has 8 nitrogen and oxygen atoms in total. The van der Waals surface area contributed by atoms with E-state index in [2.05, 4.69) is 10.4 Å². The fourth-order valence-corrected chi connectivity index (χ4v) is 3.33. The molecule has 1 N–H and O–H groups in total. The number of carbonyl (C=O) groups excluding carboxylic acids is 3. The lowest BCUT2D eigenvalue weighted by atomic mass is 10.1. The molecule has 0 bridgehead atoms. The maximum Gasteiger partial charge on any atom is 0.282 e. The first-order valence-electron chi connectivity index (χ1n) is 10.2. The molecule has 166 valence electrons. The number of hydrazone groups is 1. The zero-order valence-electron chi connectivity index (χ0n) is 18.1. The van der Waals surface area contributed by atoms with Crippen LogP contribution in [0.1, 0.15) is 31.8 Å². The van der Waals surface area contributed by atoms with Gasteiger partial charge in [-0.2, -0.15) is 10.1 Å². The minimum Gasteiger partial charge on any atom is -0.493 e. The second kappa shape index (κ2) is 9.35. The van der Waals surface area contributed by atoms with Crippen LogP contribution in [0.15, 0.2) is 71.8 Å². The van der Waals surface area contributed by atoms with Gasteiger partial charge in [0.05, 0.1) is 24.5 Å². The van der Waals surface area contributed by atoms with E-state index in [1.807, 2.05) is 31.2 Å². The minimum absolute atomic E-state index is 0.201. The molecule has 0 aliphatic carbocycles. The van der Waals surface area contributed by atoms with Crippen molar-refractivity contribution < 1.29 is 23.9 Å². The quantitative estimate of drug-likeness (QED) is 0.444. The molecule has 0 unspecified atom stereocenters. The molecule has 0 saturated heterocycles. The number of rotatable bonds is 7. The Morgan fingerprint density at radius 1 is 0.970 bits per heavy atom. The van der Waals surface area contributed by atoms with Crippen molar-refractivity contribution in [3.63, 3.8) is 0 Å². The summed E-state index contributed by atoms with van der Waals surface area (Å²) in [6.45, 7) is 1.70. The molecule has 0 aromatic heterocycles. The van der Waals surface area contributed by atoms with Crippen LogP contribution in [-0.4, -0.2) is 42.7 Å². The number of benzene rings is 3. The smallest absolute Gasteiger partial charge is 0.282 e. The second-order valence-electron chi connectivity index (χ2n) is 7.27. The van der Waals surface area contributed by atoms with Gasteiger partial charge in [0.15, 0.2) is 18.1 Å². The lowest BCUT2D eigenvalue weighted by Gasteiger charge is -2.12. The number of imide groups is 1. The number of methoxy groups -OCH3 is 1. The van der Waals surface area contributed by atoms with Crippen LogP contribution in [-0.2, 0) is 4.79 Å². The molecule has 0 spiro atoms. The van der Waals surface area contributed by atoms with Crippen LogP contribution in [0.3, 0.4) is 0 Å². The van der Waals surface area contributed by atoms with E-state index in [4.69, 9.17) is 9.47 Å². The summed E-state index contributed by atoms with van der Waals surface area (Å²) in [6.07, 6.45) is 1.39. The molecule has 1 aliphatic heterocycles. The highest BCUT2D eigenvalue weighted by molar-refractivity contribution is 6.21. The molecule has 8 heteroatoms. The molecular weight excluding hydrogens is 422 g/mol. The van der Waals surface area contributed by atoms with Crippen LogP contribution in [0.4, 0.5) is 5.69 Å². The van der Waals surface area contributed by atoms with Crippen molar-refractivity contribution in [1.82, 2.24) is 5.01 Å². The molecule has 3 amide bonds. The van der Waals surface area contributed by atoms with E-state index < -0.39 is 11.8 Å².